The van der Waals surface area contributed by atoms with Crippen LogP contribution in [-0.2, 0) is 4.79 Å². The lowest BCUT2D eigenvalue weighted by molar-refractivity contribution is -0.122. The Balaban J connectivity index is 1.64. The van der Waals surface area contributed by atoms with Gasteiger partial charge in [-0.2, -0.15) is 5.10 Å². The number of hydrogen-bond donors (Lipinski definition) is 3. The van der Waals surface area contributed by atoms with Gasteiger partial charge in [-0.15, -0.1) is 0 Å². The fourth-order valence-electron chi connectivity index (χ4n) is 6.30. The van der Waals surface area contributed by atoms with Crippen LogP contribution in [0.3, 0.4) is 0 Å². The molecule has 0 radical (unpaired) electrons. The van der Waals surface area contributed by atoms with Gasteiger partial charge in [-0.05, 0) is 66.4 Å². The smallest absolute Gasteiger partial charge is 0.249 e. The van der Waals surface area contributed by atoms with Gasteiger partial charge in [0.2, 0.25) is 5.91 Å². The van der Waals surface area contributed by atoms with E-state index in [4.69, 9.17) is 4.74 Å². The lowest BCUT2D eigenvalue weighted by Gasteiger charge is -2.25. The highest BCUT2D eigenvalue weighted by Gasteiger charge is 2.42. The van der Waals surface area contributed by atoms with Crippen LogP contribution < -0.4 is 10.2 Å². The van der Waals surface area contributed by atoms with Gasteiger partial charge in [-0.1, -0.05) is 72.3 Å². The largest absolute Gasteiger partial charge is 0.497 e. The second-order valence-electron chi connectivity index (χ2n) is 10.7. The van der Waals surface area contributed by atoms with Crippen LogP contribution in [-0.4, -0.2) is 28.7 Å². The van der Waals surface area contributed by atoms with Crippen LogP contribution in [0.2, 0.25) is 0 Å². The molecule has 2 unspecified atom stereocenters. The predicted molar refractivity (Wildman–Crippen MR) is 165 cm³/mol. The summed E-state index contributed by atoms with van der Waals surface area (Å²) < 4.78 is 5.69. The van der Waals surface area contributed by atoms with Crippen molar-refractivity contribution < 1.29 is 9.53 Å². The second kappa shape index (κ2) is 9.82. The summed E-state index contributed by atoms with van der Waals surface area (Å²) in [4.78, 5) is 21.1. The zero-order chi connectivity index (χ0) is 28.1. The maximum atomic E-state index is 13.7. The van der Waals surface area contributed by atoms with Gasteiger partial charge in [0, 0.05) is 33.4 Å². The summed E-state index contributed by atoms with van der Waals surface area (Å²) in [5, 5.41) is 6.54. The molecule has 0 spiro atoms. The van der Waals surface area contributed by atoms with Crippen LogP contribution in [0, 0.1) is 12.8 Å². The SMILES string of the molecule is COc1ccc2[nH]c(-c3ccccc3)c(C(c3c(-c4ccccc4)[nH]c4ccc(C)cc34)C3C(=O)NN=C3C)c2c1. The number of aromatic amines is 2. The van der Waals surface area contributed by atoms with Crippen molar-refractivity contribution in [3.05, 3.63) is 114 Å². The lowest BCUT2D eigenvalue weighted by Crippen LogP contribution is -2.29. The Morgan fingerprint density at radius 3 is 1.83 bits per heavy atom. The average Bonchev–Trinajstić information content (AvgIpc) is 3.68. The summed E-state index contributed by atoms with van der Waals surface area (Å²) in [6.45, 7) is 4.05. The first kappa shape index (κ1) is 24.9. The molecule has 2 atom stereocenters. The molecule has 0 bridgehead atoms. The number of amides is 1. The van der Waals surface area contributed by atoms with Crippen LogP contribution in [0.15, 0.2) is 102 Å². The summed E-state index contributed by atoms with van der Waals surface area (Å²) in [6, 6.07) is 33.2. The third-order valence-corrected chi connectivity index (χ3v) is 8.20. The molecule has 0 fully saturated rings. The number of aromatic nitrogens is 2. The molecule has 6 heteroatoms. The van der Waals surface area contributed by atoms with Crippen molar-refractivity contribution in [2.24, 2.45) is 11.0 Å². The molecule has 3 N–H and O–H groups in total. The van der Waals surface area contributed by atoms with E-state index < -0.39 is 5.92 Å². The Morgan fingerprint density at radius 1 is 0.732 bits per heavy atom. The highest BCUT2D eigenvalue weighted by molar-refractivity contribution is 6.10. The molecule has 41 heavy (non-hydrogen) atoms. The minimum atomic E-state index is -0.510. The van der Waals surface area contributed by atoms with Gasteiger partial charge in [0.15, 0.2) is 0 Å². The summed E-state index contributed by atoms with van der Waals surface area (Å²) in [7, 11) is 1.68. The highest BCUT2D eigenvalue weighted by Crippen LogP contribution is 2.49. The maximum absolute atomic E-state index is 13.7. The molecule has 6 nitrogen and oxygen atoms in total. The van der Waals surface area contributed by atoms with E-state index in [1.54, 1.807) is 7.11 Å². The Labute approximate surface area is 238 Å². The number of benzene rings is 4. The molecule has 0 saturated heterocycles. The number of fused-ring (bicyclic) bond motifs is 2. The third kappa shape index (κ3) is 4.11. The number of nitrogens with zero attached hydrogens (tertiary/aromatic N) is 1. The first-order chi connectivity index (χ1) is 20.0. The Bertz CT molecular complexity index is 1950. The van der Waals surface area contributed by atoms with E-state index in [0.717, 1.165) is 72.5 Å². The molecule has 0 aliphatic carbocycles. The minimum absolute atomic E-state index is 0.107. The molecule has 2 aromatic heterocycles. The van der Waals surface area contributed by atoms with E-state index in [1.807, 2.05) is 55.5 Å². The van der Waals surface area contributed by atoms with Crippen molar-refractivity contribution in [3.8, 4) is 28.3 Å². The van der Waals surface area contributed by atoms with E-state index in [9.17, 15) is 4.79 Å². The summed E-state index contributed by atoms with van der Waals surface area (Å²) in [5.41, 5.74) is 12.9. The topological polar surface area (TPSA) is 82.3 Å². The van der Waals surface area contributed by atoms with E-state index in [2.05, 4.69) is 75.9 Å². The molecule has 0 saturated carbocycles. The molecule has 7 rings (SSSR count). The molecular weight excluding hydrogens is 508 g/mol. The zero-order valence-electron chi connectivity index (χ0n) is 23.2. The standard InChI is InChI=1S/C35H30N4O2/c1-20-14-16-27-25(18-20)30(33(36-27)22-10-6-4-7-11-22)32(29-21(2)38-39-35(29)40)31-26-19-24(41-3)15-17-28(26)37-34(31)23-12-8-5-9-13-23/h4-19,29,32,36-37H,1-3H3,(H,39,40). The molecule has 4 aromatic carbocycles. The second-order valence-corrected chi connectivity index (χ2v) is 10.7. The zero-order valence-corrected chi connectivity index (χ0v) is 23.2. The first-order valence-electron chi connectivity index (χ1n) is 13.8. The average molecular weight is 539 g/mol. The van der Waals surface area contributed by atoms with Crippen LogP contribution in [0.1, 0.15) is 29.5 Å². The van der Waals surface area contributed by atoms with Crippen molar-refractivity contribution >= 4 is 33.4 Å². The predicted octanol–water partition coefficient (Wildman–Crippen LogP) is 7.55. The van der Waals surface area contributed by atoms with E-state index >= 15 is 0 Å². The summed E-state index contributed by atoms with van der Waals surface area (Å²) >= 11 is 0. The van der Waals surface area contributed by atoms with Crippen LogP contribution in [0.25, 0.3) is 44.3 Å². The number of rotatable bonds is 6. The van der Waals surface area contributed by atoms with Gasteiger partial charge in [0.25, 0.3) is 0 Å². The molecule has 1 aliphatic heterocycles. The molecule has 1 aliphatic rings. The van der Waals surface area contributed by atoms with Crippen molar-refractivity contribution in [3.63, 3.8) is 0 Å². The van der Waals surface area contributed by atoms with Crippen LogP contribution in [0.5, 0.6) is 5.75 Å². The van der Waals surface area contributed by atoms with Crippen molar-refractivity contribution in [2.75, 3.05) is 7.11 Å². The molecule has 202 valence electrons. The normalized spacial score (nSPS) is 15.7. The monoisotopic (exact) mass is 538 g/mol. The van der Waals surface area contributed by atoms with Crippen molar-refractivity contribution in [1.82, 2.24) is 15.4 Å². The number of H-pyrrole nitrogens is 2. The van der Waals surface area contributed by atoms with Gasteiger partial charge >= 0.3 is 0 Å². The maximum Gasteiger partial charge on any atom is 0.249 e. The number of nitrogens with one attached hydrogen (secondary N) is 3. The lowest BCUT2D eigenvalue weighted by atomic mass is 9.75. The quantitative estimate of drug-likeness (QED) is 0.205. The van der Waals surface area contributed by atoms with Gasteiger partial charge < -0.3 is 14.7 Å². The minimum Gasteiger partial charge on any atom is -0.497 e. The number of aryl methyl sites for hydroxylation is 1. The molecule has 3 heterocycles. The highest BCUT2D eigenvalue weighted by atomic mass is 16.5. The summed E-state index contributed by atoms with van der Waals surface area (Å²) in [6.07, 6.45) is 0. The van der Waals surface area contributed by atoms with Crippen LogP contribution >= 0.6 is 0 Å². The molecular formula is C35H30N4O2. The van der Waals surface area contributed by atoms with Crippen LogP contribution in [0.4, 0.5) is 0 Å². The van der Waals surface area contributed by atoms with Gasteiger partial charge in [-0.3, -0.25) is 4.79 Å². The number of carbonyl (C=O) groups excluding carboxylic acids is 1. The van der Waals surface area contributed by atoms with E-state index in [0.29, 0.717) is 0 Å². The van der Waals surface area contributed by atoms with Gasteiger partial charge in [-0.25, -0.2) is 5.43 Å². The van der Waals surface area contributed by atoms with E-state index in [-0.39, 0.29) is 11.8 Å². The van der Waals surface area contributed by atoms with Crippen molar-refractivity contribution in [2.45, 2.75) is 19.8 Å². The Kier molecular flexibility index (Phi) is 5.97. The number of carbonyl (C=O) groups is 1. The Morgan fingerprint density at radius 2 is 1.29 bits per heavy atom. The van der Waals surface area contributed by atoms with E-state index in [1.165, 1.54) is 0 Å². The summed E-state index contributed by atoms with van der Waals surface area (Å²) in [5.74, 6) is -0.215. The number of hydrazone groups is 1. The molecule has 1 amide bonds. The van der Waals surface area contributed by atoms with Crippen molar-refractivity contribution in [1.29, 1.82) is 0 Å². The number of hydrogen-bond acceptors (Lipinski definition) is 3. The fourth-order valence-corrected chi connectivity index (χ4v) is 6.30. The first-order valence-corrected chi connectivity index (χ1v) is 13.8. The Hall–Kier alpha value is -5.10. The fraction of sp³-hybridized carbons (Fsp3) is 0.143. The number of ether oxygens (including phenoxy) is 1. The number of methoxy groups -OCH3 is 1. The molecule has 6 aromatic rings. The third-order valence-electron chi connectivity index (χ3n) is 8.20. The van der Waals surface area contributed by atoms with Gasteiger partial charge in [0.05, 0.1) is 24.4 Å². The van der Waals surface area contributed by atoms with Gasteiger partial charge in [0.1, 0.15) is 5.75 Å².